The number of oxazole rings is 1. The quantitative estimate of drug-likeness (QED) is 0.773. The van der Waals surface area contributed by atoms with Crippen molar-refractivity contribution in [2.24, 2.45) is 7.05 Å². The van der Waals surface area contributed by atoms with E-state index in [-0.39, 0.29) is 5.76 Å². The van der Waals surface area contributed by atoms with Gasteiger partial charge in [-0.15, -0.1) is 0 Å². The second-order valence-corrected chi connectivity index (χ2v) is 3.74. The maximum Gasteiger partial charge on any atom is 0.376 e. The van der Waals surface area contributed by atoms with Crippen LogP contribution in [0.15, 0.2) is 16.7 Å². The fraction of sp³-hybridized carbons (Fsp3) is 0.417. The molecule has 0 N–H and O–H groups in total. The molecule has 0 amide bonds. The largest absolute Gasteiger partial charge is 0.460 e. The topological polar surface area (TPSA) is 70.2 Å². The van der Waals surface area contributed by atoms with Crippen molar-refractivity contribution >= 4 is 5.97 Å². The highest BCUT2D eigenvalue weighted by atomic mass is 16.5. The van der Waals surface area contributed by atoms with E-state index in [1.807, 2.05) is 6.92 Å². The summed E-state index contributed by atoms with van der Waals surface area (Å²) < 4.78 is 12.0. The number of aromatic nitrogens is 3. The highest BCUT2D eigenvalue weighted by Crippen LogP contribution is 2.21. The zero-order chi connectivity index (χ0) is 13.1. The highest BCUT2D eigenvalue weighted by molar-refractivity contribution is 5.88. The van der Waals surface area contributed by atoms with Crippen molar-refractivity contribution < 1.29 is 13.9 Å². The smallest absolute Gasteiger partial charge is 0.376 e. The second kappa shape index (κ2) is 5.03. The number of hydrogen-bond acceptors (Lipinski definition) is 5. The molecule has 0 atom stereocenters. The Morgan fingerprint density at radius 3 is 2.83 bits per heavy atom. The maximum atomic E-state index is 11.7. The van der Waals surface area contributed by atoms with Crippen molar-refractivity contribution in [2.45, 2.75) is 20.3 Å². The Kier molecular flexibility index (Phi) is 3.45. The molecule has 2 rings (SSSR count). The van der Waals surface area contributed by atoms with Gasteiger partial charge in [0.25, 0.3) is 0 Å². The standard InChI is InChI=1S/C12H15N3O3/c1-4-8-10(12(16)17-5-2)18-11(13-8)9-6-7-15(3)14-9/h6-7H,4-5H2,1-3H3. The molecule has 0 bridgehead atoms. The van der Waals surface area contributed by atoms with Gasteiger partial charge in [-0.25, -0.2) is 9.78 Å². The zero-order valence-electron chi connectivity index (χ0n) is 10.6. The lowest BCUT2D eigenvalue weighted by atomic mass is 10.3. The van der Waals surface area contributed by atoms with E-state index in [9.17, 15) is 4.79 Å². The van der Waals surface area contributed by atoms with Gasteiger partial charge >= 0.3 is 5.97 Å². The van der Waals surface area contributed by atoms with E-state index in [4.69, 9.17) is 9.15 Å². The molecule has 0 spiro atoms. The number of esters is 1. The summed E-state index contributed by atoms with van der Waals surface area (Å²) in [5.41, 5.74) is 1.19. The molecule has 0 unspecified atom stereocenters. The third-order valence-corrected chi connectivity index (χ3v) is 2.43. The number of nitrogens with zero attached hydrogens (tertiary/aromatic N) is 3. The average molecular weight is 249 g/mol. The summed E-state index contributed by atoms with van der Waals surface area (Å²) >= 11 is 0. The highest BCUT2D eigenvalue weighted by Gasteiger charge is 2.21. The van der Waals surface area contributed by atoms with Crippen LogP contribution in [0, 0.1) is 0 Å². The first-order chi connectivity index (χ1) is 8.65. The lowest BCUT2D eigenvalue weighted by Crippen LogP contribution is -2.05. The zero-order valence-corrected chi connectivity index (χ0v) is 10.6. The predicted octanol–water partition coefficient (Wildman–Crippen LogP) is 1.81. The third-order valence-electron chi connectivity index (χ3n) is 2.43. The van der Waals surface area contributed by atoms with Gasteiger partial charge in [0.1, 0.15) is 5.69 Å². The number of ether oxygens (including phenoxy) is 1. The van der Waals surface area contributed by atoms with Crippen molar-refractivity contribution in [1.29, 1.82) is 0 Å². The molecule has 0 aliphatic carbocycles. The maximum absolute atomic E-state index is 11.7. The van der Waals surface area contributed by atoms with Crippen LogP contribution in [0.4, 0.5) is 0 Å². The molecule has 96 valence electrons. The molecule has 2 heterocycles. The van der Waals surface area contributed by atoms with Gasteiger partial charge in [0.15, 0.2) is 0 Å². The minimum Gasteiger partial charge on any atom is -0.460 e. The van der Waals surface area contributed by atoms with Crippen molar-refractivity contribution in [1.82, 2.24) is 14.8 Å². The minimum absolute atomic E-state index is 0.167. The lowest BCUT2D eigenvalue weighted by Gasteiger charge is -1.98. The van der Waals surface area contributed by atoms with Gasteiger partial charge in [-0.05, 0) is 19.4 Å². The van der Waals surface area contributed by atoms with E-state index in [1.54, 1.807) is 30.9 Å². The van der Waals surface area contributed by atoms with Gasteiger partial charge in [-0.3, -0.25) is 4.68 Å². The van der Waals surface area contributed by atoms with E-state index in [1.165, 1.54) is 0 Å². The van der Waals surface area contributed by atoms with Crippen molar-refractivity contribution in [3.05, 3.63) is 23.7 Å². The summed E-state index contributed by atoms with van der Waals surface area (Å²) in [6, 6.07) is 1.78. The van der Waals surface area contributed by atoms with Gasteiger partial charge in [-0.1, -0.05) is 6.92 Å². The molecule has 18 heavy (non-hydrogen) atoms. The summed E-state index contributed by atoms with van der Waals surface area (Å²) in [6.07, 6.45) is 2.39. The van der Waals surface area contributed by atoms with E-state index >= 15 is 0 Å². The Balaban J connectivity index is 2.37. The van der Waals surface area contributed by atoms with Crippen LogP contribution in [0.1, 0.15) is 30.1 Å². The molecule has 2 aromatic heterocycles. The molecule has 0 aliphatic rings. The van der Waals surface area contributed by atoms with Gasteiger partial charge in [0.05, 0.1) is 12.3 Å². The lowest BCUT2D eigenvalue weighted by molar-refractivity contribution is 0.0489. The monoisotopic (exact) mass is 249 g/mol. The number of carbonyl (C=O) groups is 1. The molecular weight excluding hydrogens is 234 g/mol. The summed E-state index contributed by atoms with van der Waals surface area (Å²) in [6.45, 7) is 3.96. The number of rotatable bonds is 4. The van der Waals surface area contributed by atoms with Crippen LogP contribution >= 0.6 is 0 Å². The Labute approximate surface area is 105 Å². The molecular formula is C12H15N3O3. The van der Waals surface area contributed by atoms with E-state index in [2.05, 4.69) is 10.1 Å². The van der Waals surface area contributed by atoms with Gasteiger partial charge in [0, 0.05) is 13.2 Å². The first-order valence-electron chi connectivity index (χ1n) is 5.82. The third kappa shape index (κ3) is 2.27. The molecule has 6 heteroatoms. The Bertz CT molecular complexity index is 557. The Morgan fingerprint density at radius 1 is 1.50 bits per heavy atom. The van der Waals surface area contributed by atoms with E-state index < -0.39 is 5.97 Å². The first kappa shape index (κ1) is 12.3. The van der Waals surface area contributed by atoms with Crippen LogP contribution in [0.25, 0.3) is 11.6 Å². The van der Waals surface area contributed by atoms with Gasteiger partial charge in [-0.2, -0.15) is 5.10 Å². The van der Waals surface area contributed by atoms with Gasteiger partial charge in [0.2, 0.25) is 11.7 Å². The van der Waals surface area contributed by atoms with Crippen molar-refractivity contribution in [2.75, 3.05) is 6.61 Å². The summed E-state index contributed by atoms with van der Waals surface area (Å²) in [5.74, 6) is 0.0273. The molecule has 0 aliphatic heterocycles. The normalized spacial score (nSPS) is 10.6. The summed E-state index contributed by atoms with van der Waals surface area (Å²) in [7, 11) is 1.80. The molecule has 2 aromatic rings. The molecule has 0 radical (unpaired) electrons. The van der Waals surface area contributed by atoms with E-state index in [0.717, 1.165) is 0 Å². The number of carbonyl (C=O) groups excluding carboxylic acids is 1. The van der Waals surface area contributed by atoms with Crippen molar-refractivity contribution in [3.8, 4) is 11.6 Å². The molecule has 0 fully saturated rings. The van der Waals surface area contributed by atoms with Crippen LogP contribution in [0.3, 0.4) is 0 Å². The predicted molar refractivity (Wildman–Crippen MR) is 64.0 cm³/mol. The van der Waals surface area contributed by atoms with E-state index in [0.29, 0.717) is 30.3 Å². The molecule has 0 saturated heterocycles. The SMILES string of the molecule is CCOC(=O)c1oc(-c2ccn(C)n2)nc1CC. The minimum atomic E-state index is -0.482. The van der Waals surface area contributed by atoms with Crippen LogP contribution in [0.5, 0.6) is 0 Å². The Hall–Kier alpha value is -2.11. The fourth-order valence-corrected chi connectivity index (χ4v) is 1.59. The van der Waals surface area contributed by atoms with Crippen LogP contribution < -0.4 is 0 Å². The average Bonchev–Trinajstić information content (AvgIpc) is 2.94. The van der Waals surface area contributed by atoms with Crippen LogP contribution in [0.2, 0.25) is 0 Å². The Morgan fingerprint density at radius 2 is 2.28 bits per heavy atom. The summed E-state index contributed by atoms with van der Waals surface area (Å²) in [4.78, 5) is 16.0. The van der Waals surface area contributed by atoms with Crippen LogP contribution in [-0.2, 0) is 18.2 Å². The first-order valence-corrected chi connectivity index (χ1v) is 5.82. The van der Waals surface area contributed by atoms with Gasteiger partial charge < -0.3 is 9.15 Å². The summed E-state index contributed by atoms with van der Waals surface area (Å²) in [5, 5.41) is 4.18. The second-order valence-electron chi connectivity index (χ2n) is 3.74. The fourth-order valence-electron chi connectivity index (χ4n) is 1.59. The molecule has 0 saturated carbocycles. The molecule has 0 aromatic carbocycles. The van der Waals surface area contributed by atoms with Crippen LogP contribution in [-0.4, -0.2) is 27.3 Å². The van der Waals surface area contributed by atoms with Crippen molar-refractivity contribution in [3.63, 3.8) is 0 Å². The number of aryl methyl sites for hydroxylation is 2. The number of hydrogen-bond donors (Lipinski definition) is 0. The molecule has 6 nitrogen and oxygen atoms in total.